The van der Waals surface area contributed by atoms with Gasteiger partial charge in [-0.3, -0.25) is 14.5 Å². The standard InChI is InChI=1S/C24H34F5N5O5S/c1-5-23(36,10-11-32-40(4,37)38)14-31-21(35)19-15(3)20(34(6-2)33-19)17-13-30-16(8-7-9-24(27,28)29)12-18(17)39-22(25)26/h12-13,22,32,36H,5-11,14H2,1-4H3,(H,31,35)/t23-/m0/s1. The number of aliphatic hydroxyl groups is 1. The van der Waals surface area contributed by atoms with Crippen molar-refractivity contribution in [2.75, 3.05) is 19.3 Å². The number of carbonyl (C=O) groups excluding carboxylic acids is 1. The van der Waals surface area contributed by atoms with Gasteiger partial charge in [0.15, 0.2) is 5.69 Å². The summed E-state index contributed by atoms with van der Waals surface area (Å²) in [5.74, 6) is -0.989. The number of rotatable bonds is 15. The zero-order valence-electron chi connectivity index (χ0n) is 22.6. The number of amides is 1. The molecule has 40 heavy (non-hydrogen) atoms. The van der Waals surface area contributed by atoms with Crippen molar-refractivity contribution >= 4 is 15.9 Å². The Kier molecular flexibility index (Phi) is 11.4. The lowest BCUT2D eigenvalue weighted by Crippen LogP contribution is -2.45. The smallest absolute Gasteiger partial charge is 0.389 e. The zero-order chi connectivity index (χ0) is 30.3. The molecular weight excluding hydrogens is 565 g/mol. The molecule has 0 fully saturated rings. The lowest BCUT2D eigenvalue weighted by atomic mass is 9.96. The lowest BCUT2D eigenvalue weighted by Gasteiger charge is -2.27. The van der Waals surface area contributed by atoms with Crippen molar-refractivity contribution < 1.29 is 45.0 Å². The minimum Gasteiger partial charge on any atom is -0.434 e. The molecule has 2 heterocycles. The van der Waals surface area contributed by atoms with Gasteiger partial charge in [0.2, 0.25) is 10.0 Å². The monoisotopic (exact) mass is 599 g/mol. The fraction of sp³-hybridized carbons (Fsp3) is 0.625. The number of sulfonamides is 1. The average Bonchev–Trinajstić information content (AvgIpc) is 3.17. The van der Waals surface area contributed by atoms with E-state index in [1.54, 1.807) is 13.8 Å². The number of hydrogen-bond acceptors (Lipinski definition) is 7. The summed E-state index contributed by atoms with van der Waals surface area (Å²) in [7, 11) is -3.46. The molecule has 0 aliphatic heterocycles. The SMILES string of the molecule is CCn1nc(C(=O)NC[C@](O)(CC)CCNS(C)(=O)=O)c(C)c1-c1cnc(CCCC(F)(F)F)cc1OC(F)F. The highest BCUT2D eigenvalue weighted by Crippen LogP contribution is 2.35. The highest BCUT2D eigenvalue weighted by atomic mass is 32.2. The molecule has 3 N–H and O–H groups in total. The molecule has 0 aliphatic carbocycles. The maximum atomic E-state index is 13.2. The van der Waals surface area contributed by atoms with E-state index in [1.807, 2.05) is 0 Å². The first kappa shape index (κ1) is 33.4. The molecule has 16 heteroatoms. The zero-order valence-corrected chi connectivity index (χ0v) is 23.4. The number of aromatic nitrogens is 3. The maximum Gasteiger partial charge on any atom is 0.389 e. The van der Waals surface area contributed by atoms with E-state index in [1.165, 1.54) is 17.8 Å². The Labute approximate surface area is 229 Å². The Morgan fingerprint density at radius 3 is 2.45 bits per heavy atom. The van der Waals surface area contributed by atoms with Crippen molar-refractivity contribution in [2.24, 2.45) is 0 Å². The van der Waals surface area contributed by atoms with E-state index in [-0.39, 0.29) is 73.7 Å². The van der Waals surface area contributed by atoms with Gasteiger partial charge in [-0.15, -0.1) is 0 Å². The van der Waals surface area contributed by atoms with Crippen LogP contribution in [0.5, 0.6) is 5.75 Å². The van der Waals surface area contributed by atoms with Gasteiger partial charge in [-0.2, -0.15) is 27.1 Å². The van der Waals surface area contributed by atoms with E-state index >= 15 is 0 Å². The molecule has 1 amide bonds. The fourth-order valence-corrected chi connectivity index (χ4v) is 4.45. The number of hydrogen-bond donors (Lipinski definition) is 3. The van der Waals surface area contributed by atoms with Crippen LogP contribution < -0.4 is 14.8 Å². The van der Waals surface area contributed by atoms with E-state index in [0.29, 0.717) is 5.56 Å². The summed E-state index contributed by atoms with van der Waals surface area (Å²) in [6, 6.07) is 1.15. The highest BCUT2D eigenvalue weighted by molar-refractivity contribution is 7.88. The fourth-order valence-electron chi connectivity index (χ4n) is 3.98. The number of ether oxygens (including phenoxy) is 1. The summed E-state index contributed by atoms with van der Waals surface area (Å²) in [6.45, 7) is 1.65. The molecule has 1 atom stereocenters. The molecule has 2 aromatic heterocycles. The molecular formula is C24H34F5N5O5S. The summed E-state index contributed by atoms with van der Waals surface area (Å²) in [5.41, 5.74) is -0.721. The summed E-state index contributed by atoms with van der Waals surface area (Å²) in [5, 5.41) is 17.7. The molecule has 0 bridgehead atoms. The number of alkyl halides is 5. The first-order valence-electron chi connectivity index (χ1n) is 12.5. The Balaban J connectivity index is 2.32. The van der Waals surface area contributed by atoms with Crippen LogP contribution in [-0.2, 0) is 23.0 Å². The molecule has 0 radical (unpaired) electrons. The number of pyridine rings is 1. The van der Waals surface area contributed by atoms with E-state index in [0.717, 1.165) is 12.3 Å². The third-order valence-corrected chi connectivity index (χ3v) is 6.91. The third kappa shape index (κ3) is 9.96. The normalized spacial score (nSPS) is 13.9. The molecule has 0 aromatic carbocycles. The first-order chi connectivity index (χ1) is 18.5. The van der Waals surface area contributed by atoms with Crippen LogP contribution in [0, 0.1) is 6.92 Å². The molecule has 2 rings (SSSR count). The van der Waals surface area contributed by atoms with Gasteiger partial charge in [0, 0.05) is 49.6 Å². The van der Waals surface area contributed by atoms with E-state index in [9.17, 15) is 40.3 Å². The van der Waals surface area contributed by atoms with Crippen molar-refractivity contribution in [1.82, 2.24) is 24.8 Å². The van der Waals surface area contributed by atoms with Crippen molar-refractivity contribution in [3.63, 3.8) is 0 Å². The summed E-state index contributed by atoms with van der Waals surface area (Å²) in [4.78, 5) is 17.1. The number of halogens is 5. The lowest BCUT2D eigenvalue weighted by molar-refractivity contribution is -0.135. The van der Waals surface area contributed by atoms with Gasteiger partial charge < -0.3 is 15.2 Å². The number of aryl methyl sites for hydroxylation is 2. The number of carbonyl (C=O) groups is 1. The number of nitrogens with zero attached hydrogens (tertiary/aromatic N) is 3. The van der Waals surface area contributed by atoms with Gasteiger partial charge >= 0.3 is 12.8 Å². The molecule has 0 aliphatic rings. The Bertz CT molecular complexity index is 1270. The maximum absolute atomic E-state index is 13.2. The molecule has 0 saturated heterocycles. The minimum absolute atomic E-state index is 0.0276. The molecule has 0 spiro atoms. The molecule has 2 aromatic rings. The van der Waals surface area contributed by atoms with Gasteiger partial charge in [0.25, 0.3) is 5.91 Å². The average molecular weight is 600 g/mol. The Morgan fingerprint density at radius 2 is 1.90 bits per heavy atom. The third-order valence-electron chi connectivity index (χ3n) is 6.18. The molecule has 226 valence electrons. The van der Waals surface area contributed by atoms with Crippen molar-refractivity contribution in [3.05, 3.63) is 29.2 Å². The van der Waals surface area contributed by atoms with Gasteiger partial charge in [-0.1, -0.05) is 6.92 Å². The Morgan fingerprint density at radius 1 is 1.23 bits per heavy atom. The van der Waals surface area contributed by atoms with Crippen LogP contribution in [0.25, 0.3) is 11.3 Å². The van der Waals surface area contributed by atoms with Crippen LogP contribution in [0.4, 0.5) is 22.0 Å². The van der Waals surface area contributed by atoms with Crippen molar-refractivity contribution in [1.29, 1.82) is 0 Å². The van der Waals surface area contributed by atoms with Gasteiger partial charge in [0.1, 0.15) is 5.75 Å². The van der Waals surface area contributed by atoms with E-state index in [2.05, 4.69) is 24.9 Å². The second-order valence-corrected chi connectivity index (χ2v) is 11.2. The molecule has 0 saturated carbocycles. The van der Waals surface area contributed by atoms with Crippen LogP contribution in [0.15, 0.2) is 12.3 Å². The number of nitrogens with one attached hydrogen (secondary N) is 2. The van der Waals surface area contributed by atoms with E-state index < -0.39 is 40.7 Å². The predicted molar refractivity (Wildman–Crippen MR) is 137 cm³/mol. The Hall–Kier alpha value is -2.85. The topological polar surface area (TPSA) is 135 Å². The minimum atomic E-state index is -4.36. The van der Waals surface area contributed by atoms with Crippen LogP contribution >= 0.6 is 0 Å². The van der Waals surface area contributed by atoms with Crippen LogP contribution in [0.1, 0.15) is 61.3 Å². The second kappa shape index (κ2) is 13.7. The summed E-state index contributed by atoms with van der Waals surface area (Å²) in [6.07, 6.45) is -3.38. The summed E-state index contributed by atoms with van der Waals surface area (Å²) < 4.78 is 94.9. The van der Waals surface area contributed by atoms with Crippen LogP contribution in [0.2, 0.25) is 0 Å². The first-order valence-corrected chi connectivity index (χ1v) is 14.4. The van der Waals surface area contributed by atoms with Crippen LogP contribution in [0.3, 0.4) is 0 Å². The van der Waals surface area contributed by atoms with Gasteiger partial charge in [-0.05, 0) is 39.5 Å². The molecule has 0 unspecified atom stereocenters. The van der Waals surface area contributed by atoms with Gasteiger partial charge in [-0.25, -0.2) is 13.1 Å². The largest absolute Gasteiger partial charge is 0.434 e. The summed E-state index contributed by atoms with van der Waals surface area (Å²) >= 11 is 0. The van der Waals surface area contributed by atoms with Gasteiger partial charge in [0.05, 0.1) is 23.1 Å². The highest BCUT2D eigenvalue weighted by Gasteiger charge is 2.29. The van der Waals surface area contributed by atoms with E-state index in [4.69, 9.17) is 0 Å². The van der Waals surface area contributed by atoms with Crippen molar-refractivity contribution in [2.45, 2.75) is 77.8 Å². The molecule has 10 nitrogen and oxygen atoms in total. The van der Waals surface area contributed by atoms with Crippen LogP contribution in [-0.4, -0.2) is 71.9 Å². The predicted octanol–water partition coefficient (Wildman–Crippen LogP) is 3.57. The second-order valence-electron chi connectivity index (χ2n) is 9.33. The quantitative estimate of drug-likeness (QED) is 0.267. The van der Waals surface area contributed by atoms with Crippen molar-refractivity contribution in [3.8, 4) is 17.0 Å².